The first-order valence-corrected chi connectivity index (χ1v) is 10.8. The topological polar surface area (TPSA) is 78.8 Å². The van der Waals surface area contributed by atoms with Crippen LogP contribution in [0.1, 0.15) is 10.4 Å². The molecule has 1 N–H and O–H groups in total. The number of hydrogen-bond acceptors (Lipinski definition) is 5. The number of pyridine rings is 1. The fourth-order valence-corrected chi connectivity index (χ4v) is 4.13. The van der Waals surface area contributed by atoms with Crippen molar-refractivity contribution in [2.45, 2.75) is 0 Å². The summed E-state index contributed by atoms with van der Waals surface area (Å²) in [4.78, 5) is 26.9. The van der Waals surface area contributed by atoms with E-state index in [4.69, 9.17) is 25.8 Å². The highest BCUT2D eigenvalue weighted by atomic mass is 35.5. The molecule has 8 heteroatoms. The summed E-state index contributed by atoms with van der Waals surface area (Å²) in [5.74, 6) is 0.945. The SMILES string of the molecule is COc1cc(C(=O)Nc2c(-c3cccc(Cl)c3)c(=O)c3ccccc3n2C)cc(OC)c1OC. The van der Waals surface area contributed by atoms with E-state index in [1.165, 1.54) is 21.3 Å². The van der Waals surface area contributed by atoms with Gasteiger partial charge in [0, 0.05) is 23.0 Å². The number of rotatable bonds is 6. The van der Waals surface area contributed by atoms with Crippen LogP contribution in [0.4, 0.5) is 5.82 Å². The van der Waals surface area contributed by atoms with Crippen LogP contribution in [-0.2, 0) is 7.05 Å². The molecule has 174 valence electrons. The van der Waals surface area contributed by atoms with Gasteiger partial charge in [-0.1, -0.05) is 35.9 Å². The molecule has 0 radical (unpaired) electrons. The average molecular weight is 479 g/mol. The summed E-state index contributed by atoms with van der Waals surface area (Å²) in [5, 5.41) is 3.93. The largest absolute Gasteiger partial charge is 0.493 e. The highest BCUT2D eigenvalue weighted by molar-refractivity contribution is 6.30. The molecule has 0 unspecified atom stereocenters. The molecule has 1 heterocycles. The number of aromatic nitrogens is 1. The molecule has 0 fully saturated rings. The molecule has 34 heavy (non-hydrogen) atoms. The molecule has 4 rings (SSSR count). The summed E-state index contributed by atoms with van der Waals surface area (Å²) < 4.78 is 17.9. The number of anilines is 1. The maximum Gasteiger partial charge on any atom is 0.257 e. The summed E-state index contributed by atoms with van der Waals surface area (Å²) in [7, 11) is 6.23. The Kier molecular flexibility index (Phi) is 6.47. The van der Waals surface area contributed by atoms with Crippen molar-refractivity contribution in [1.82, 2.24) is 4.57 Å². The fraction of sp³-hybridized carbons (Fsp3) is 0.154. The van der Waals surface area contributed by atoms with E-state index < -0.39 is 5.91 Å². The molecule has 0 saturated heterocycles. The van der Waals surface area contributed by atoms with E-state index in [2.05, 4.69) is 5.32 Å². The number of fused-ring (bicyclic) bond motifs is 1. The van der Waals surface area contributed by atoms with Crippen LogP contribution in [-0.4, -0.2) is 31.8 Å². The minimum Gasteiger partial charge on any atom is -0.493 e. The van der Waals surface area contributed by atoms with Crippen LogP contribution < -0.4 is 25.0 Å². The minimum atomic E-state index is -0.451. The van der Waals surface area contributed by atoms with Crippen LogP contribution in [0.2, 0.25) is 5.02 Å². The van der Waals surface area contributed by atoms with Gasteiger partial charge in [-0.25, -0.2) is 0 Å². The van der Waals surface area contributed by atoms with E-state index in [0.29, 0.717) is 50.1 Å². The van der Waals surface area contributed by atoms with Crippen LogP contribution in [0.25, 0.3) is 22.0 Å². The van der Waals surface area contributed by atoms with E-state index >= 15 is 0 Å². The molecule has 0 bridgehead atoms. The molecule has 0 atom stereocenters. The number of methoxy groups -OCH3 is 3. The van der Waals surface area contributed by atoms with Crippen molar-refractivity contribution in [1.29, 1.82) is 0 Å². The summed E-state index contributed by atoms with van der Waals surface area (Å²) in [5.41, 5.74) is 1.67. The van der Waals surface area contributed by atoms with E-state index in [1.807, 2.05) is 12.1 Å². The Morgan fingerprint density at radius 1 is 0.912 bits per heavy atom. The molecule has 0 aliphatic carbocycles. The van der Waals surface area contributed by atoms with Crippen molar-refractivity contribution in [3.05, 3.63) is 81.5 Å². The number of hydrogen-bond donors (Lipinski definition) is 1. The van der Waals surface area contributed by atoms with Crippen LogP contribution in [0, 0.1) is 0 Å². The van der Waals surface area contributed by atoms with Crippen LogP contribution in [0.5, 0.6) is 17.2 Å². The van der Waals surface area contributed by atoms with Crippen molar-refractivity contribution in [2.24, 2.45) is 7.05 Å². The number of halogens is 1. The molecule has 0 saturated carbocycles. The van der Waals surface area contributed by atoms with Gasteiger partial charge in [0.15, 0.2) is 16.9 Å². The van der Waals surface area contributed by atoms with Gasteiger partial charge in [0.05, 0.1) is 32.4 Å². The number of amides is 1. The van der Waals surface area contributed by atoms with Gasteiger partial charge >= 0.3 is 0 Å². The summed E-state index contributed by atoms with van der Waals surface area (Å²) >= 11 is 6.22. The standard InChI is InChI=1S/C26H23ClN2O5/c1-29-19-11-6-5-10-18(19)23(30)22(15-8-7-9-17(27)12-15)25(29)28-26(31)16-13-20(32-2)24(34-4)21(14-16)33-3/h5-14H,1-4H3,(H,28,31). The monoisotopic (exact) mass is 478 g/mol. The van der Waals surface area contributed by atoms with Gasteiger partial charge in [-0.05, 0) is 42.0 Å². The minimum absolute atomic E-state index is 0.212. The van der Waals surface area contributed by atoms with E-state index in [1.54, 1.807) is 60.1 Å². The third-order valence-corrected chi connectivity index (χ3v) is 5.82. The van der Waals surface area contributed by atoms with Crippen LogP contribution in [0.15, 0.2) is 65.5 Å². The Hall–Kier alpha value is -3.97. The van der Waals surface area contributed by atoms with Crippen molar-refractivity contribution in [2.75, 3.05) is 26.6 Å². The number of nitrogens with zero attached hydrogens (tertiary/aromatic N) is 1. The second-order valence-electron chi connectivity index (χ2n) is 7.51. The number of para-hydroxylation sites is 1. The Balaban J connectivity index is 1.92. The zero-order valence-electron chi connectivity index (χ0n) is 19.1. The Labute approximate surface area is 201 Å². The third kappa shape index (κ3) is 4.06. The zero-order chi connectivity index (χ0) is 24.4. The Morgan fingerprint density at radius 2 is 1.59 bits per heavy atom. The molecule has 0 aliphatic heterocycles. The van der Waals surface area contributed by atoms with Crippen LogP contribution in [0.3, 0.4) is 0 Å². The van der Waals surface area contributed by atoms with Crippen LogP contribution >= 0.6 is 11.6 Å². The Morgan fingerprint density at radius 3 is 2.21 bits per heavy atom. The second-order valence-corrected chi connectivity index (χ2v) is 7.94. The highest BCUT2D eigenvalue weighted by Crippen LogP contribution is 2.38. The summed E-state index contributed by atoms with van der Waals surface area (Å²) in [6.45, 7) is 0. The first-order chi connectivity index (χ1) is 16.4. The lowest BCUT2D eigenvalue weighted by molar-refractivity contribution is 0.102. The summed E-state index contributed by atoms with van der Waals surface area (Å²) in [6, 6.07) is 17.3. The number of aryl methyl sites for hydroxylation is 1. The van der Waals surface area contributed by atoms with Gasteiger partial charge in [-0.3, -0.25) is 9.59 Å². The van der Waals surface area contributed by atoms with Crippen molar-refractivity contribution in [3.8, 4) is 28.4 Å². The molecule has 1 aromatic heterocycles. The number of nitrogens with one attached hydrogen (secondary N) is 1. The molecule has 7 nitrogen and oxygen atoms in total. The van der Waals surface area contributed by atoms with Gasteiger partial charge in [0.2, 0.25) is 5.75 Å². The van der Waals surface area contributed by atoms with Gasteiger partial charge in [-0.2, -0.15) is 0 Å². The van der Waals surface area contributed by atoms with Gasteiger partial charge in [-0.15, -0.1) is 0 Å². The second kappa shape index (κ2) is 9.49. The lowest BCUT2D eigenvalue weighted by atomic mass is 10.0. The summed E-state index contributed by atoms with van der Waals surface area (Å²) in [6.07, 6.45) is 0. The fourth-order valence-electron chi connectivity index (χ4n) is 3.94. The first-order valence-electron chi connectivity index (χ1n) is 10.4. The average Bonchev–Trinajstić information content (AvgIpc) is 2.86. The molecule has 1 amide bonds. The van der Waals surface area contributed by atoms with E-state index in [-0.39, 0.29) is 11.0 Å². The number of carbonyl (C=O) groups excluding carboxylic acids is 1. The highest BCUT2D eigenvalue weighted by Gasteiger charge is 2.22. The van der Waals surface area contributed by atoms with Gasteiger partial charge in [0.25, 0.3) is 5.91 Å². The van der Waals surface area contributed by atoms with E-state index in [0.717, 1.165) is 0 Å². The van der Waals surface area contributed by atoms with Gasteiger partial charge < -0.3 is 24.1 Å². The van der Waals surface area contributed by atoms with Crippen molar-refractivity contribution in [3.63, 3.8) is 0 Å². The Bertz CT molecular complexity index is 1440. The van der Waals surface area contributed by atoms with Crippen molar-refractivity contribution >= 4 is 34.2 Å². The number of benzene rings is 3. The predicted molar refractivity (Wildman–Crippen MR) is 134 cm³/mol. The van der Waals surface area contributed by atoms with E-state index in [9.17, 15) is 9.59 Å². The van der Waals surface area contributed by atoms with Gasteiger partial charge in [0.1, 0.15) is 5.82 Å². The predicted octanol–water partition coefficient (Wildman–Crippen LogP) is 5.14. The molecule has 3 aromatic carbocycles. The first kappa shape index (κ1) is 23.2. The third-order valence-electron chi connectivity index (χ3n) is 5.58. The number of ether oxygens (including phenoxy) is 3. The van der Waals surface area contributed by atoms with Crippen molar-refractivity contribution < 1.29 is 19.0 Å². The molecule has 4 aromatic rings. The number of carbonyl (C=O) groups is 1. The molecule has 0 aliphatic rings. The lowest BCUT2D eigenvalue weighted by Crippen LogP contribution is -2.21. The lowest BCUT2D eigenvalue weighted by Gasteiger charge is -2.19. The maximum atomic E-state index is 13.6. The quantitative estimate of drug-likeness (QED) is 0.415. The normalized spacial score (nSPS) is 10.7. The molecule has 0 spiro atoms. The molecular formula is C26H23ClN2O5. The smallest absolute Gasteiger partial charge is 0.257 e. The molecular weight excluding hydrogens is 456 g/mol. The zero-order valence-corrected chi connectivity index (χ0v) is 19.9. The maximum absolute atomic E-state index is 13.6.